The standard InChI is InChI=1S/C14H19BrN2O2/c1-9-5-6-13(11(15)7-9)17-14(19)16-12-4-2-3-10(12)8-18/h5-7,10,12,18H,2-4,8H2,1H3,(H2,16,17,19)/t10-,12-/m1/s1. The zero-order valence-electron chi connectivity index (χ0n) is 10.9. The van der Waals surface area contributed by atoms with Gasteiger partial charge in [0.2, 0.25) is 0 Å². The molecular weight excluding hydrogens is 308 g/mol. The quantitative estimate of drug-likeness (QED) is 0.799. The van der Waals surface area contributed by atoms with Gasteiger partial charge in [-0.05, 0) is 53.4 Å². The molecule has 0 aliphatic heterocycles. The number of rotatable bonds is 3. The molecule has 104 valence electrons. The normalized spacial score (nSPS) is 22.3. The summed E-state index contributed by atoms with van der Waals surface area (Å²) < 4.78 is 0.868. The van der Waals surface area contributed by atoms with Crippen LogP contribution < -0.4 is 10.6 Å². The Kier molecular flexibility index (Phi) is 4.82. The van der Waals surface area contributed by atoms with Gasteiger partial charge in [-0.1, -0.05) is 12.5 Å². The fraction of sp³-hybridized carbons (Fsp3) is 0.500. The van der Waals surface area contributed by atoms with Crippen molar-refractivity contribution >= 4 is 27.6 Å². The van der Waals surface area contributed by atoms with Crippen LogP contribution in [0.3, 0.4) is 0 Å². The van der Waals surface area contributed by atoms with Gasteiger partial charge in [0.05, 0.1) is 5.69 Å². The van der Waals surface area contributed by atoms with Gasteiger partial charge in [0.1, 0.15) is 0 Å². The molecule has 0 radical (unpaired) electrons. The van der Waals surface area contributed by atoms with Crippen LogP contribution >= 0.6 is 15.9 Å². The molecule has 3 N–H and O–H groups in total. The van der Waals surface area contributed by atoms with Gasteiger partial charge in [0, 0.05) is 23.0 Å². The molecule has 5 heteroatoms. The van der Waals surface area contributed by atoms with E-state index in [9.17, 15) is 9.90 Å². The van der Waals surface area contributed by atoms with Crippen molar-refractivity contribution in [1.82, 2.24) is 5.32 Å². The monoisotopic (exact) mass is 326 g/mol. The number of urea groups is 1. The highest BCUT2D eigenvalue weighted by Crippen LogP contribution is 2.26. The third-order valence-electron chi connectivity index (χ3n) is 3.58. The summed E-state index contributed by atoms with van der Waals surface area (Å²) in [5, 5.41) is 15.0. The molecule has 1 saturated carbocycles. The topological polar surface area (TPSA) is 61.4 Å². The third-order valence-corrected chi connectivity index (χ3v) is 4.24. The average molecular weight is 327 g/mol. The highest BCUT2D eigenvalue weighted by molar-refractivity contribution is 9.10. The summed E-state index contributed by atoms with van der Waals surface area (Å²) in [6.45, 7) is 2.14. The number of hydrogen-bond acceptors (Lipinski definition) is 2. The smallest absolute Gasteiger partial charge is 0.319 e. The van der Waals surface area contributed by atoms with Gasteiger partial charge in [0.25, 0.3) is 0 Å². The largest absolute Gasteiger partial charge is 0.396 e. The molecule has 2 amide bonds. The first kappa shape index (κ1) is 14.3. The molecule has 0 unspecified atom stereocenters. The van der Waals surface area contributed by atoms with Crippen LogP contribution in [0.25, 0.3) is 0 Å². The lowest BCUT2D eigenvalue weighted by atomic mass is 10.1. The highest BCUT2D eigenvalue weighted by atomic mass is 79.9. The van der Waals surface area contributed by atoms with Crippen molar-refractivity contribution in [2.75, 3.05) is 11.9 Å². The Bertz CT molecular complexity index is 465. The molecule has 1 aromatic carbocycles. The van der Waals surface area contributed by atoms with Crippen molar-refractivity contribution in [1.29, 1.82) is 0 Å². The maximum atomic E-state index is 11.9. The van der Waals surface area contributed by atoms with Crippen molar-refractivity contribution in [2.45, 2.75) is 32.2 Å². The molecule has 0 spiro atoms. The summed E-state index contributed by atoms with van der Waals surface area (Å²) in [6.07, 6.45) is 2.98. The number of aryl methyl sites for hydroxylation is 1. The second kappa shape index (κ2) is 6.39. The number of nitrogens with one attached hydrogen (secondary N) is 2. The molecule has 0 heterocycles. The first-order valence-electron chi connectivity index (χ1n) is 6.54. The lowest BCUT2D eigenvalue weighted by molar-refractivity contribution is 0.203. The van der Waals surface area contributed by atoms with Gasteiger partial charge >= 0.3 is 6.03 Å². The van der Waals surface area contributed by atoms with Crippen LogP contribution in [0.2, 0.25) is 0 Å². The van der Waals surface area contributed by atoms with Crippen molar-refractivity contribution in [3.05, 3.63) is 28.2 Å². The van der Waals surface area contributed by atoms with Crippen molar-refractivity contribution < 1.29 is 9.90 Å². The Morgan fingerprint density at radius 3 is 2.95 bits per heavy atom. The van der Waals surface area contributed by atoms with Crippen LogP contribution in [0.4, 0.5) is 10.5 Å². The fourth-order valence-corrected chi connectivity index (χ4v) is 3.09. The van der Waals surface area contributed by atoms with Gasteiger partial charge in [-0.2, -0.15) is 0 Å². The molecule has 19 heavy (non-hydrogen) atoms. The first-order chi connectivity index (χ1) is 9.10. The second-order valence-electron chi connectivity index (χ2n) is 5.06. The van der Waals surface area contributed by atoms with E-state index < -0.39 is 0 Å². The number of carbonyl (C=O) groups excluding carboxylic acids is 1. The molecule has 2 atom stereocenters. The Hall–Kier alpha value is -1.07. The minimum atomic E-state index is -0.213. The summed E-state index contributed by atoms with van der Waals surface area (Å²) in [4.78, 5) is 11.9. The molecule has 1 fully saturated rings. The number of benzene rings is 1. The summed E-state index contributed by atoms with van der Waals surface area (Å²) in [5.74, 6) is 0.187. The second-order valence-corrected chi connectivity index (χ2v) is 5.92. The van der Waals surface area contributed by atoms with Crippen LogP contribution in [-0.4, -0.2) is 23.8 Å². The molecule has 1 aromatic rings. The molecule has 0 saturated heterocycles. The maximum Gasteiger partial charge on any atom is 0.319 e. The minimum absolute atomic E-state index is 0.0780. The molecule has 4 nitrogen and oxygen atoms in total. The number of carbonyl (C=O) groups is 1. The minimum Gasteiger partial charge on any atom is -0.396 e. The van der Waals surface area contributed by atoms with E-state index in [1.54, 1.807) is 0 Å². The molecule has 0 bridgehead atoms. The number of halogens is 1. The molecule has 2 rings (SSSR count). The van der Waals surface area contributed by atoms with Crippen molar-refractivity contribution in [3.63, 3.8) is 0 Å². The van der Waals surface area contributed by atoms with E-state index in [-0.39, 0.29) is 24.6 Å². The maximum absolute atomic E-state index is 11.9. The Balaban J connectivity index is 1.94. The van der Waals surface area contributed by atoms with Crippen LogP contribution in [-0.2, 0) is 0 Å². The van der Waals surface area contributed by atoms with Gasteiger partial charge in [-0.25, -0.2) is 4.79 Å². The lowest BCUT2D eigenvalue weighted by Gasteiger charge is -2.19. The number of aliphatic hydroxyl groups is 1. The Morgan fingerprint density at radius 1 is 1.47 bits per heavy atom. The summed E-state index contributed by atoms with van der Waals surface area (Å²) in [7, 11) is 0. The highest BCUT2D eigenvalue weighted by Gasteiger charge is 2.27. The Morgan fingerprint density at radius 2 is 2.26 bits per heavy atom. The van der Waals surface area contributed by atoms with E-state index >= 15 is 0 Å². The van der Waals surface area contributed by atoms with E-state index in [1.165, 1.54) is 0 Å². The van der Waals surface area contributed by atoms with E-state index in [0.717, 1.165) is 35.0 Å². The number of amides is 2. The SMILES string of the molecule is Cc1ccc(NC(=O)N[C@@H]2CCC[C@@H]2CO)c(Br)c1. The van der Waals surface area contributed by atoms with Gasteiger partial charge in [-0.3, -0.25) is 0 Å². The van der Waals surface area contributed by atoms with Crippen molar-refractivity contribution in [2.24, 2.45) is 5.92 Å². The molecule has 1 aliphatic carbocycles. The summed E-state index contributed by atoms with van der Waals surface area (Å²) in [6, 6.07) is 5.65. The van der Waals surface area contributed by atoms with Crippen molar-refractivity contribution in [3.8, 4) is 0 Å². The Labute approximate surface area is 121 Å². The molecular formula is C14H19BrN2O2. The predicted molar refractivity (Wildman–Crippen MR) is 79.2 cm³/mol. The van der Waals surface area contributed by atoms with E-state index in [0.29, 0.717) is 0 Å². The van der Waals surface area contributed by atoms with Gasteiger partial charge in [0.15, 0.2) is 0 Å². The van der Waals surface area contributed by atoms with E-state index in [1.807, 2.05) is 25.1 Å². The number of hydrogen-bond donors (Lipinski definition) is 3. The summed E-state index contributed by atoms with van der Waals surface area (Å²) >= 11 is 3.43. The van der Waals surface area contributed by atoms with Crippen LogP contribution in [0.5, 0.6) is 0 Å². The number of aliphatic hydroxyl groups excluding tert-OH is 1. The fourth-order valence-electron chi connectivity index (χ4n) is 2.49. The predicted octanol–water partition coefficient (Wildman–Crippen LogP) is 3.04. The molecule has 1 aliphatic rings. The average Bonchev–Trinajstić information content (AvgIpc) is 2.80. The van der Waals surface area contributed by atoms with E-state index in [2.05, 4.69) is 26.6 Å². The zero-order chi connectivity index (χ0) is 13.8. The third kappa shape index (κ3) is 3.70. The summed E-state index contributed by atoms with van der Waals surface area (Å²) in [5.41, 5.74) is 1.88. The van der Waals surface area contributed by atoms with Crippen LogP contribution in [0, 0.1) is 12.8 Å². The first-order valence-corrected chi connectivity index (χ1v) is 7.34. The van der Waals surface area contributed by atoms with E-state index in [4.69, 9.17) is 0 Å². The van der Waals surface area contributed by atoms with Crippen LogP contribution in [0.15, 0.2) is 22.7 Å². The van der Waals surface area contributed by atoms with Crippen LogP contribution in [0.1, 0.15) is 24.8 Å². The zero-order valence-corrected chi connectivity index (χ0v) is 12.5. The van der Waals surface area contributed by atoms with Gasteiger partial charge < -0.3 is 15.7 Å². The lowest BCUT2D eigenvalue weighted by Crippen LogP contribution is -2.41. The van der Waals surface area contributed by atoms with Gasteiger partial charge in [-0.15, -0.1) is 0 Å². The molecule has 0 aromatic heterocycles. The number of anilines is 1.